The van der Waals surface area contributed by atoms with E-state index in [0.717, 1.165) is 5.75 Å². The molecule has 0 saturated heterocycles. The van der Waals surface area contributed by atoms with E-state index in [1.54, 1.807) is 13.2 Å². The van der Waals surface area contributed by atoms with Crippen molar-refractivity contribution in [2.75, 3.05) is 37.1 Å². The summed E-state index contributed by atoms with van der Waals surface area (Å²) in [4.78, 5) is 25.1. The SMILES string of the molecule is COCCOc1cnc(C(=O)Nc2ccc(F)c([C@]3(C)CCSC(N)=N3)c2)c(N)n1. The molecule has 1 aromatic carbocycles. The van der Waals surface area contributed by atoms with Crippen molar-refractivity contribution in [3.8, 4) is 5.88 Å². The molecular weight excluding hydrogens is 411 g/mol. The molecule has 2 aromatic rings. The second-order valence-corrected chi connectivity index (χ2v) is 7.87. The summed E-state index contributed by atoms with van der Waals surface area (Å²) >= 11 is 1.43. The zero-order valence-electron chi connectivity index (χ0n) is 16.6. The number of nitrogens with zero attached hydrogens (tertiary/aromatic N) is 3. The lowest BCUT2D eigenvalue weighted by atomic mass is 9.89. The number of rotatable bonds is 7. The van der Waals surface area contributed by atoms with E-state index in [1.165, 1.54) is 30.1 Å². The molecule has 1 aromatic heterocycles. The van der Waals surface area contributed by atoms with Crippen LogP contribution in [0.1, 0.15) is 29.4 Å². The molecule has 1 atom stereocenters. The maximum Gasteiger partial charge on any atom is 0.278 e. The van der Waals surface area contributed by atoms with Gasteiger partial charge in [0.1, 0.15) is 12.4 Å². The number of aliphatic imine (C=N–C) groups is 1. The molecule has 0 aliphatic carbocycles. The zero-order chi connectivity index (χ0) is 21.7. The number of benzene rings is 1. The molecule has 30 heavy (non-hydrogen) atoms. The van der Waals surface area contributed by atoms with Gasteiger partial charge in [0, 0.05) is 24.1 Å². The molecule has 0 bridgehead atoms. The predicted octanol–water partition coefficient (Wildman–Crippen LogP) is 2.14. The van der Waals surface area contributed by atoms with Gasteiger partial charge in [0.2, 0.25) is 5.88 Å². The van der Waals surface area contributed by atoms with E-state index in [0.29, 0.717) is 29.4 Å². The number of hydrogen-bond acceptors (Lipinski definition) is 9. The Balaban J connectivity index is 1.78. The van der Waals surface area contributed by atoms with Gasteiger partial charge in [-0.25, -0.2) is 9.37 Å². The summed E-state index contributed by atoms with van der Waals surface area (Å²) in [6, 6.07) is 4.29. The number of carbonyl (C=O) groups is 1. The standard InChI is InChI=1S/C19H23FN6O3S/c1-19(5-8-30-18(22)26-19)12-9-11(3-4-13(12)20)24-17(27)15-16(21)25-14(10-23-15)29-7-6-28-2/h3-4,9-10H,5-8H2,1-2H3,(H2,21,25)(H2,22,26)(H,24,27)/t19-/m0/s1. The van der Waals surface area contributed by atoms with Crippen LogP contribution in [0.2, 0.25) is 0 Å². The van der Waals surface area contributed by atoms with Crippen molar-refractivity contribution in [1.29, 1.82) is 0 Å². The highest BCUT2D eigenvalue weighted by Gasteiger charge is 2.32. The third-order valence-corrected chi connectivity index (χ3v) is 5.33. The van der Waals surface area contributed by atoms with E-state index in [4.69, 9.17) is 20.9 Å². The van der Waals surface area contributed by atoms with Gasteiger partial charge >= 0.3 is 0 Å². The van der Waals surface area contributed by atoms with Gasteiger partial charge < -0.3 is 26.3 Å². The van der Waals surface area contributed by atoms with Gasteiger partial charge in [-0.15, -0.1) is 0 Å². The molecule has 0 saturated carbocycles. The number of amides is 1. The first-order chi connectivity index (χ1) is 14.3. The highest BCUT2D eigenvalue weighted by molar-refractivity contribution is 8.13. The van der Waals surface area contributed by atoms with E-state index in [9.17, 15) is 9.18 Å². The second-order valence-electron chi connectivity index (χ2n) is 6.75. The largest absolute Gasteiger partial charge is 0.474 e. The van der Waals surface area contributed by atoms with Crippen molar-refractivity contribution in [2.45, 2.75) is 18.9 Å². The first kappa shape index (κ1) is 21.8. The molecule has 0 spiro atoms. The normalized spacial score (nSPS) is 18.6. The Kier molecular flexibility index (Phi) is 6.73. The lowest BCUT2D eigenvalue weighted by Crippen LogP contribution is -2.30. The maximum atomic E-state index is 14.5. The second kappa shape index (κ2) is 9.26. The number of hydrogen-bond donors (Lipinski definition) is 3. The Morgan fingerprint density at radius 1 is 1.37 bits per heavy atom. The predicted molar refractivity (Wildman–Crippen MR) is 114 cm³/mol. The number of nitrogens with two attached hydrogens (primary N) is 2. The van der Waals surface area contributed by atoms with Crippen LogP contribution in [0.4, 0.5) is 15.9 Å². The topological polar surface area (TPSA) is 138 Å². The third-order valence-electron chi connectivity index (χ3n) is 4.53. The molecule has 0 radical (unpaired) electrons. The smallest absolute Gasteiger partial charge is 0.278 e. The van der Waals surface area contributed by atoms with E-state index < -0.39 is 17.3 Å². The van der Waals surface area contributed by atoms with Crippen LogP contribution in [0, 0.1) is 5.82 Å². The fourth-order valence-electron chi connectivity index (χ4n) is 2.95. The molecule has 9 nitrogen and oxygen atoms in total. The first-order valence-corrected chi connectivity index (χ1v) is 10.1. The van der Waals surface area contributed by atoms with Gasteiger partial charge in [0.15, 0.2) is 16.7 Å². The average Bonchev–Trinajstić information content (AvgIpc) is 2.69. The summed E-state index contributed by atoms with van der Waals surface area (Å²) in [7, 11) is 1.55. The van der Waals surface area contributed by atoms with E-state index in [-0.39, 0.29) is 24.0 Å². The number of halogens is 1. The molecule has 2 heterocycles. The Bertz CT molecular complexity index is 973. The van der Waals surface area contributed by atoms with Crippen LogP contribution in [-0.4, -0.2) is 47.1 Å². The molecule has 160 valence electrons. The number of methoxy groups -OCH3 is 1. The van der Waals surface area contributed by atoms with E-state index in [2.05, 4.69) is 20.3 Å². The molecule has 0 fully saturated rings. The van der Waals surface area contributed by atoms with Crippen molar-refractivity contribution >= 4 is 34.3 Å². The minimum absolute atomic E-state index is 0.0671. The quantitative estimate of drug-likeness (QED) is 0.564. The van der Waals surface area contributed by atoms with Crippen molar-refractivity contribution in [1.82, 2.24) is 9.97 Å². The minimum atomic E-state index is -0.805. The molecule has 1 amide bonds. The number of anilines is 2. The molecule has 5 N–H and O–H groups in total. The molecule has 1 aliphatic heterocycles. The van der Waals surface area contributed by atoms with E-state index >= 15 is 0 Å². The number of aromatic nitrogens is 2. The van der Waals surface area contributed by atoms with Gasteiger partial charge in [0.25, 0.3) is 5.91 Å². The fourth-order valence-corrected chi connectivity index (χ4v) is 3.92. The molecule has 1 aliphatic rings. The summed E-state index contributed by atoms with van der Waals surface area (Å²) in [5.74, 6) is -0.168. The molecule has 0 unspecified atom stereocenters. The summed E-state index contributed by atoms with van der Waals surface area (Å²) in [6.07, 6.45) is 1.92. The third kappa shape index (κ3) is 4.97. The summed E-state index contributed by atoms with van der Waals surface area (Å²) in [5.41, 5.74) is 11.5. The molecule has 11 heteroatoms. The van der Waals surface area contributed by atoms with Gasteiger partial charge in [-0.05, 0) is 31.5 Å². The summed E-state index contributed by atoms with van der Waals surface area (Å²) in [6.45, 7) is 2.47. The number of nitrogens with one attached hydrogen (secondary N) is 1. The van der Waals surface area contributed by atoms with Crippen molar-refractivity contribution in [3.63, 3.8) is 0 Å². The average molecular weight is 434 g/mol. The number of nitrogen functional groups attached to an aromatic ring is 1. The number of ether oxygens (including phenoxy) is 2. The minimum Gasteiger partial charge on any atom is -0.474 e. The van der Waals surface area contributed by atoms with Crippen LogP contribution < -0.4 is 21.5 Å². The van der Waals surface area contributed by atoms with Crippen molar-refractivity contribution < 1.29 is 18.7 Å². The zero-order valence-corrected chi connectivity index (χ0v) is 17.5. The van der Waals surface area contributed by atoms with Gasteiger partial charge in [-0.2, -0.15) is 4.98 Å². The maximum absolute atomic E-state index is 14.5. The Morgan fingerprint density at radius 2 is 2.17 bits per heavy atom. The van der Waals surface area contributed by atoms with Gasteiger partial charge in [-0.3, -0.25) is 9.79 Å². The molecule has 3 rings (SSSR count). The first-order valence-electron chi connectivity index (χ1n) is 9.16. The highest BCUT2D eigenvalue weighted by atomic mass is 32.2. The van der Waals surface area contributed by atoms with Crippen LogP contribution in [-0.2, 0) is 10.3 Å². The lowest BCUT2D eigenvalue weighted by molar-refractivity contribution is 0.102. The van der Waals surface area contributed by atoms with Crippen LogP contribution in [0.15, 0.2) is 29.4 Å². The molecular formula is C19H23FN6O3S. The monoisotopic (exact) mass is 434 g/mol. The Labute approximate surface area is 177 Å². The Morgan fingerprint density at radius 3 is 2.87 bits per heavy atom. The summed E-state index contributed by atoms with van der Waals surface area (Å²) in [5, 5.41) is 3.08. The Hall–Kier alpha value is -2.92. The van der Waals surface area contributed by atoms with Crippen LogP contribution in [0.25, 0.3) is 0 Å². The van der Waals surface area contributed by atoms with Crippen molar-refractivity contribution in [2.24, 2.45) is 10.7 Å². The number of amidine groups is 1. The van der Waals surface area contributed by atoms with Crippen LogP contribution in [0.3, 0.4) is 0 Å². The van der Waals surface area contributed by atoms with Crippen LogP contribution in [0.5, 0.6) is 5.88 Å². The number of carbonyl (C=O) groups excluding carboxylic acids is 1. The van der Waals surface area contributed by atoms with Crippen LogP contribution >= 0.6 is 11.8 Å². The van der Waals surface area contributed by atoms with Gasteiger partial charge in [-0.1, -0.05) is 11.8 Å². The highest BCUT2D eigenvalue weighted by Crippen LogP contribution is 2.37. The van der Waals surface area contributed by atoms with Crippen molar-refractivity contribution in [3.05, 3.63) is 41.5 Å². The van der Waals surface area contributed by atoms with E-state index in [1.807, 2.05) is 6.92 Å². The number of thioether (sulfide) groups is 1. The summed E-state index contributed by atoms with van der Waals surface area (Å²) < 4.78 is 24.7. The fraction of sp³-hybridized carbons (Fsp3) is 0.368. The van der Waals surface area contributed by atoms with Gasteiger partial charge in [0.05, 0.1) is 18.3 Å². The lowest BCUT2D eigenvalue weighted by Gasteiger charge is -2.30.